The third-order valence-corrected chi connectivity index (χ3v) is 4.98. The number of rotatable bonds is 10. The summed E-state index contributed by atoms with van der Waals surface area (Å²) < 4.78 is 5.74. The van der Waals surface area contributed by atoms with E-state index in [1.165, 1.54) is 5.56 Å². The van der Waals surface area contributed by atoms with Crippen LogP contribution >= 0.6 is 0 Å². The number of nitrogens with one attached hydrogen (secondary N) is 1. The summed E-state index contributed by atoms with van der Waals surface area (Å²) in [5.74, 6) is 0.302. The Morgan fingerprint density at radius 1 is 0.967 bits per heavy atom. The number of hydrogen-bond donors (Lipinski definition) is 1. The Morgan fingerprint density at radius 3 is 2.10 bits per heavy atom. The van der Waals surface area contributed by atoms with Gasteiger partial charge in [0.15, 0.2) is 6.61 Å². The minimum atomic E-state index is -0.549. The number of benzene rings is 2. The van der Waals surface area contributed by atoms with Crippen molar-refractivity contribution >= 4 is 11.8 Å². The Kier molecular flexibility index (Phi) is 8.90. The SMILES string of the molecule is CCc1ccc(OCC(=O)N(Cc2ccc(C)cc2)[C@@H](CC)C(=O)NC(C)C)cc1. The van der Waals surface area contributed by atoms with Crippen LogP contribution in [-0.4, -0.2) is 35.4 Å². The first-order chi connectivity index (χ1) is 14.3. The second-order valence-electron chi connectivity index (χ2n) is 7.88. The molecular formula is C25H34N2O3. The molecule has 0 aliphatic rings. The van der Waals surface area contributed by atoms with Gasteiger partial charge < -0.3 is 15.0 Å². The maximum absolute atomic E-state index is 13.1. The summed E-state index contributed by atoms with van der Waals surface area (Å²) in [4.78, 5) is 27.5. The number of aryl methyl sites for hydroxylation is 2. The van der Waals surface area contributed by atoms with Crippen molar-refractivity contribution in [2.75, 3.05) is 6.61 Å². The third-order valence-electron chi connectivity index (χ3n) is 4.98. The lowest BCUT2D eigenvalue weighted by molar-refractivity contribution is -0.143. The zero-order valence-electron chi connectivity index (χ0n) is 18.8. The van der Waals surface area contributed by atoms with Crippen LogP contribution in [0.2, 0.25) is 0 Å². The van der Waals surface area contributed by atoms with Crippen LogP contribution in [0.5, 0.6) is 5.75 Å². The van der Waals surface area contributed by atoms with Crippen molar-refractivity contribution in [1.82, 2.24) is 10.2 Å². The maximum atomic E-state index is 13.1. The number of carbonyl (C=O) groups excluding carboxylic acids is 2. The first-order valence-corrected chi connectivity index (χ1v) is 10.7. The van der Waals surface area contributed by atoms with Crippen LogP contribution in [0.15, 0.2) is 48.5 Å². The van der Waals surface area contributed by atoms with Crippen LogP contribution in [0.3, 0.4) is 0 Å². The van der Waals surface area contributed by atoms with Crippen molar-refractivity contribution in [2.24, 2.45) is 0 Å². The fraction of sp³-hybridized carbons (Fsp3) is 0.440. The van der Waals surface area contributed by atoms with E-state index in [-0.39, 0.29) is 24.5 Å². The maximum Gasteiger partial charge on any atom is 0.261 e. The van der Waals surface area contributed by atoms with Gasteiger partial charge in [-0.25, -0.2) is 0 Å². The van der Waals surface area contributed by atoms with Crippen molar-refractivity contribution < 1.29 is 14.3 Å². The predicted molar refractivity (Wildman–Crippen MR) is 120 cm³/mol. The average molecular weight is 411 g/mol. The van der Waals surface area contributed by atoms with E-state index >= 15 is 0 Å². The quantitative estimate of drug-likeness (QED) is 0.636. The van der Waals surface area contributed by atoms with Gasteiger partial charge in [0, 0.05) is 12.6 Å². The Hall–Kier alpha value is -2.82. The van der Waals surface area contributed by atoms with E-state index in [9.17, 15) is 9.59 Å². The summed E-state index contributed by atoms with van der Waals surface area (Å²) in [6.07, 6.45) is 1.48. The van der Waals surface area contributed by atoms with Gasteiger partial charge in [-0.2, -0.15) is 0 Å². The minimum absolute atomic E-state index is 0.0104. The molecule has 2 rings (SSSR count). The topological polar surface area (TPSA) is 58.6 Å². The van der Waals surface area contributed by atoms with Crippen molar-refractivity contribution in [3.05, 3.63) is 65.2 Å². The number of ether oxygens (including phenoxy) is 1. The molecular weight excluding hydrogens is 376 g/mol. The highest BCUT2D eigenvalue weighted by atomic mass is 16.5. The Labute approximate surface area is 180 Å². The van der Waals surface area contributed by atoms with Gasteiger partial charge in [0.2, 0.25) is 5.91 Å². The fourth-order valence-corrected chi connectivity index (χ4v) is 3.24. The van der Waals surface area contributed by atoms with Crippen molar-refractivity contribution in [2.45, 2.75) is 66.1 Å². The number of hydrogen-bond acceptors (Lipinski definition) is 3. The highest BCUT2D eigenvalue weighted by Crippen LogP contribution is 2.16. The number of nitrogens with zero attached hydrogens (tertiary/aromatic N) is 1. The fourth-order valence-electron chi connectivity index (χ4n) is 3.24. The van der Waals surface area contributed by atoms with E-state index in [1.807, 2.05) is 76.2 Å². The molecule has 0 fully saturated rings. The molecule has 162 valence electrons. The van der Waals surface area contributed by atoms with Crippen LogP contribution in [0, 0.1) is 6.92 Å². The third kappa shape index (κ3) is 6.90. The van der Waals surface area contributed by atoms with Crippen LogP contribution < -0.4 is 10.1 Å². The smallest absolute Gasteiger partial charge is 0.261 e. The van der Waals surface area contributed by atoms with E-state index in [4.69, 9.17) is 4.74 Å². The van der Waals surface area contributed by atoms with Gasteiger partial charge in [0.1, 0.15) is 11.8 Å². The molecule has 5 heteroatoms. The van der Waals surface area contributed by atoms with E-state index in [0.29, 0.717) is 18.7 Å². The first kappa shape index (κ1) is 23.5. The summed E-state index contributed by atoms with van der Waals surface area (Å²) >= 11 is 0. The summed E-state index contributed by atoms with van der Waals surface area (Å²) in [6.45, 7) is 10.1. The molecule has 0 bridgehead atoms. The summed E-state index contributed by atoms with van der Waals surface area (Å²) in [5, 5.41) is 2.94. The second kappa shape index (κ2) is 11.4. The molecule has 2 amide bonds. The van der Waals surface area contributed by atoms with Crippen molar-refractivity contribution in [3.63, 3.8) is 0 Å². The lowest BCUT2D eigenvalue weighted by Crippen LogP contribution is -2.51. The molecule has 1 N–H and O–H groups in total. The zero-order valence-corrected chi connectivity index (χ0v) is 18.8. The molecule has 30 heavy (non-hydrogen) atoms. The molecule has 2 aromatic carbocycles. The highest BCUT2D eigenvalue weighted by Gasteiger charge is 2.29. The molecule has 0 aromatic heterocycles. The molecule has 0 aliphatic carbocycles. The molecule has 0 spiro atoms. The van der Waals surface area contributed by atoms with Gasteiger partial charge in [0.25, 0.3) is 5.91 Å². The summed E-state index contributed by atoms with van der Waals surface area (Å²) in [7, 11) is 0. The van der Waals surface area contributed by atoms with Crippen LogP contribution in [-0.2, 0) is 22.6 Å². The molecule has 5 nitrogen and oxygen atoms in total. The molecule has 0 unspecified atom stereocenters. The first-order valence-electron chi connectivity index (χ1n) is 10.7. The van der Waals surface area contributed by atoms with E-state index in [0.717, 1.165) is 17.5 Å². The zero-order chi connectivity index (χ0) is 22.1. The monoisotopic (exact) mass is 410 g/mol. The van der Waals surface area contributed by atoms with E-state index in [2.05, 4.69) is 12.2 Å². The van der Waals surface area contributed by atoms with E-state index in [1.54, 1.807) is 4.90 Å². The van der Waals surface area contributed by atoms with Gasteiger partial charge in [-0.3, -0.25) is 9.59 Å². The van der Waals surface area contributed by atoms with Crippen LogP contribution in [0.4, 0.5) is 0 Å². The van der Waals surface area contributed by atoms with Gasteiger partial charge in [0.05, 0.1) is 0 Å². The standard InChI is InChI=1S/C25H34N2O3/c1-6-20-12-14-22(15-13-20)30-17-24(28)27(16-21-10-8-19(5)9-11-21)23(7-2)25(29)26-18(3)4/h8-15,18,23H,6-7,16-17H2,1-5H3,(H,26,29)/t23-/m0/s1. The average Bonchev–Trinajstić information content (AvgIpc) is 2.73. The molecule has 0 heterocycles. The predicted octanol–water partition coefficient (Wildman–Crippen LogP) is 4.27. The number of amides is 2. The molecule has 0 saturated heterocycles. The van der Waals surface area contributed by atoms with Crippen LogP contribution in [0.25, 0.3) is 0 Å². The largest absolute Gasteiger partial charge is 0.484 e. The Morgan fingerprint density at radius 2 is 1.57 bits per heavy atom. The Bertz CT molecular complexity index is 813. The normalized spacial score (nSPS) is 11.8. The summed E-state index contributed by atoms with van der Waals surface area (Å²) in [5.41, 5.74) is 3.35. The van der Waals surface area contributed by atoms with Gasteiger partial charge in [-0.05, 0) is 56.9 Å². The highest BCUT2D eigenvalue weighted by molar-refractivity contribution is 5.88. The Balaban J connectivity index is 2.17. The molecule has 1 atom stereocenters. The molecule has 0 radical (unpaired) electrons. The van der Waals surface area contributed by atoms with Gasteiger partial charge in [-0.15, -0.1) is 0 Å². The van der Waals surface area contributed by atoms with Crippen molar-refractivity contribution in [1.29, 1.82) is 0 Å². The summed E-state index contributed by atoms with van der Waals surface area (Å²) in [6, 6.07) is 15.2. The van der Waals surface area contributed by atoms with E-state index < -0.39 is 6.04 Å². The minimum Gasteiger partial charge on any atom is -0.484 e. The van der Waals surface area contributed by atoms with Crippen LogP contribution in [0.1, 0.15) is 50.8 Å². The van der Waals surface area contributed by atoms with Gasteiger partial charge in [-0.1, -0.05) is 55.8 Å². The van der Waals surface area contributed by atoms with Gasteiger partial charge >= 0.3 is 0 Å². The lowest BCUT2D eigenvalue weighted by Gasteiger charge is -2.31. The lowest BCUT2D eigenvalue weighted by atomic mass is 10.1. The molecule has 0 aliphatic heterocycles. The number of carbonyl (C=O) groups is 2. The molecule has 2 aromatic rings. The second-order valence-corrected chi connectivity index (χ2v) is 7.88. The molecule has 0 saturated carbocycles. The van der Waals surface area contributed by atoms with Crippen molar-refractivity contribution in [3.8, 4) is 5.75 Å².